The van der Waals surface area contributed by atoms with Gasteiger partial charge in [-0.2, -0.15) is 11.8 Å². The smallest absolute Gasteiger partial charge is 0.251 e. The van der Waals surface area contributed by atoms with Crippen molar-refractivity contribution in [2.24, 2.45) is 0 Å². The minimum Gasteiger partial charge on any atom is -0.395 e. The summed E-state index contributed by atoms with van der Waals surface area (Å²) in [6.07, 6.45) is 1.93. The summed E-state index contributed by atoms with van der Waals surface area (Å²) >= 11 is 3.73. The van der Waals surface area contributed by atoms with Crippen LogP contribution in [0.25, 0.3) is 0 Å². The highest BCUT2D eigenvalue weighted by molar-refractivity contribution is 14.1. The van der Waals surface area contributed by atoms with Crippen LogP contribution in [-0.2, 0) is 0 Å². The Morgan fingerprint density at radius 2 is 2.29 bits per heavy atom. The quantitative estimate of drug-likeness (QED) is 0.787. The van der Waals surface area contributed by atoms with E-state index in [1.54, 1.807) is 17.8 Å². The van der Waals surface area contributed by atoms with Crippen LogP contribution in [0.1, 0.15) is 17.3 Å². The standard InChI is InChI=1S/C12H16INO2S/c1-8(11(7-15)17-2)14-12(16)9-4-3-5-10(13)6-9/h3-6,8,11,15H,7H2,1-2H3,(H,14,16)/t8-,11-/m0/s1. The summed E-state index contributed by atoms with van der Waals surface area (Å²) in [5.74, 6) is -0.0940. The van der Waals surface area contributed by atoms with Crippen LogP contribution in [0.3, 0.4) is 0 Å². The molecule has 0 spiro atoms. The number of halogens is 1. The van der Waals surface area contributed by atoms with Crippen molar-refractivity contribution in [1.29, 1.82) is 0 Å². The summed E-state index contributed by atoms with van der Waals surface area (Å²) in [6, 6.07) is 7.38. The molecule has 1 rings (SSSR count). The largest absolute Gasteiger partial charge is 0.395 e. The molecule has 0 saturated carbocycles. The lowest BCUT2D eigenvalue weighted by Gasteiger charge is -2.21. The zero-order valence-corrected chi connectivity index (χ0v) is 12.8. The SMILES string of the molecule is CS[C@@H](CO)[C@H](C)NC(=O)c1cccc(I)c1. The molecule has 0 aliphatic rings. The fraction of sp³-hybridized carbons (Fsp3) is 0.417. The van der Waals surface area contributed by atoms with Crippen LogP contribution >= 0.6 is 34.4 Å². The lowest BCUT2D eigenvalue weighted by molar-refractivity contribution is 0.0936. The molecular formula is C12H16INO2S. The van der Waals surface area contributed by atoms with Crippen LogP contribution in [0, 0.1) is 3.57 Å². The molecule has 5 heteroatoms. The van der Waals surface area contributed by atoms with E-state index in [0.29, 0.717) is 5.56 Å². The predicted molar refractivity (Wildman–Crippen MR) is 80.5 cm³/mol. The fourth-order valence-electron chi connectivity index (χ4n) is 1.45. The Balaban J connectivity index is 2.66. The van der Waals surface area contributed by atoms with Gasteiger partial charge in [0.1, 0.15) is 0 Å². The van der Waals surface area contributed by atoms with E-state index in [1.165, 1.54) is 0 Å². The van der Waals surface area contributed by atoms with E-state index in [2.05, 4.69) is 27.9 Å². The van der Waals surface area contributed by atoms with Crippen molar-refractivity contribution in [3.63, 3.8) is 0 Å². The molecule has 1 amide bonds. The number of carbonyl (C=O) groups is 1. The third-order valence-corrected chi connectivity index (χ3v) is 4.32. The molecule has 2 N–H and O–H groups in total. The van der Waals surface area contributed by atoms with Gasteiger partial charge < -0.3 is 10.4 Å². The number of carbonyl (C=O) groups excluding carboxylic acids is 1. The Labute approximate surface area is 120 Å². The van der Waals surface area contributed by atoms with Crippen molar-refractivity contribution in [2.75, 3.05) is 12.9 Å². The van der Waals surface area contributed by atoms with Crippen molar-refractivity contribution in [3.05, 3.63) is 33.4 Å². The van der Waals surface area contributed by atoms with E-state index in [0.717, 1.165) is 3.57 Å². The Morgan fingerprint density at radius 1 is 1.59 bits per heavy atom. The van der Waals surface area contributed by atoms with Crippen molar-refractivity contribution in [3.8, 4) is 0 Å². The van der Waals surface area contributed by atoms with Gasteiger partial charge in [-0.15, -0.1) is 0 Å². The summed E-state index contributed by atoms with van der Waals surface area (Å²) in [5.41, 5.74) is 0.654. The molecule has 0 bridgehead atoms. The van der Waals surface area contributed by atoms with Crippen LogP contribution in [0.4, 0.5) is 0 Å². The van der Waals surface area contributed by atoms with Crippen LogP contribution < -0.4 is 5.32 Å². The molecule has 2 atom stereocenters. The first-order valence-corrected chi connectivity index (χ1v) is 7.65. The Bertz CT molecular complexity index is 383. The lowest BCUT2D eigenvalue weighted by atomic mass is 10.2. The highest BCUT2D eigenvalue weighted by atomic mass is 127. The minimum absolute atomic E-state index is 0.0294. The third kappa shape index (κ3) is 4.48. The van der Waals surface area contributed by atoms with E-state index < -0.39 is 0 Å². The normalized spacial score (nSPS) is 14.1. The van der Waals surface area contributed by atoms with Crippen molar-refractivity contribution in [1.82, 2.24) is 5.32 Å². The van der Waals surface area contributed by atoms with Gasteiger partial charge in [-0.1, -0.05) is 6.07 Å². The second kappa shape index (κ2) is 7.23. The number of hydrogen-bond acceptors (Lipinski definition) is 3. The number of benzene rings is 1. The topological polar surface area (TPSA) is 49.3 Å². The summed E-state index contributed by atoms with van der Waals surface area (Å²) in [5, 5.41) is 12.1. The third-order valence-electron chi connectivity index (χ3n) is 2.49. The van der Waals surface area contributed by atoms with Gasteiger partial charge in [-0.05, 0) is 54.0 Å². The first kappa shape index (κ1) is 14.8. The molecule has 0 aromatic heterocycles. The van der Waals surface area contributed by atoms with E-state index in [4.69, 9.17) is 5.11 Å². The van der Waals surface area contributed by atoms with Crippen LogP contribution in [0.2, 0.25) is 0 Å². The number of amides is 1. The van der Waals surface area contributed by atoms with Crippen molar-refractivity contribution in [2.45, 2.75) is 18.2 Å². The lowest BCUT2D eigenvalue weighted by Crippen LogP contribution is -2.41. The van der Waals surface area contributed by atoms with Gasteiger partial charge in [0.2, 0.25) is 0 Å². The number of rotatable bonds is 5. The molecule has 0 radical (unpaired) electrons. The molecule has 3 nitrogen and oxygen atoms in total. The number of thioether (sulfide) groups is 1. The molecule has 0 aliphatic heterocycles. The maximum atomic E-state index is 11.9. The van der Waals surface area contributed by atoms with Crippen LogP contribution in [0.15, 0.2) is 24.3 Å². The van der Waals surface area contributed by atoms with E-state index >= 15 is 0 Å². The summed E-state index contributed by atoms with van der Waals surface area (Å²) in [7, 11) is 0. The Morgan fingerprint density at radius 3 is 2.82 bits per heavy atom. The average Bonchev–Trinajstić information content (AvgIpc) is 2.30. The molecule has 0 saturated heterocycles. The van der Waals surface area contributed by atoms with Gasteiger partial charge in [-0.25, -0.2) is 0 Å². The van der Waals surface area contributed by atoms with Crippen LogP contribution in [-0.4, -0.2) is 35.2 Å². The molecule has 0 heterocycles. The van der Waals surface area contributed by atoms with Gasteiger partial charge in [-0.3, -0.25) is 4.79 Å². The monoisotopic (exact) mass is 365 g/mol. The number of hydrogen-bond donors (Lipinski definition) is 2. The van der Waals surface area contributed by atoms with Crippen LogP contribution in [0.5, 0.6) is 0 Å². The first-order valence-electron chi connectivity index (χ1n) is 5.28. The van der Waals surface area contributed by atoms with Gasteiger partial charge in [0.25, 0.3) is 5.91 Å². The van der Waals surface area contributed by atoms with Crippen molar-refractivity contribution < 1.29 is 9.90 Å². The highest BCUT2D eigenvalue weighted by Gasteiger charge is 2.18. The molecule has 1 aromatic carbocycles. The maximum Gasteiger partial charge on any atom is 0.251 e. The highest BCUT2D eigenvalue weighted by Crippen LogP contribution is 2.12. The molecule has 0 unspecified atom stereocenters. The minimum atomic E-state index is -0.0940. The molecule has 17 heavy (non-hydrogen) atoms. The summed E-state index contributed by atoms with van der Waals surface area (Å²) < 4.78 is 1.03. The summed E-state index contributed by atoms with van der Waals surface area (Å²) in [6.45, 7) is 1.97. The predicted octanol–water partition coefficient (Wildman–Crippen LogP) is 2.13. The molecule has 94 valence electrons. The number of aliphatic hydroxyl groups excluding tert-OH is 1. The van der Waals surface area contributed by atoms with Gasteiger partial charge in [0, 0.05) is 20.4 Å². The molecule has 0 aliphatic carbocycles. The molecular weight excluding hydrogens is 349 g/mol. The molecule has 1 aromatic rings. The second-order valence-corrected chi connectivity index (χ2v) is 6.05. The Kier molecular flexibility index (Phi) is 6.29. The number of aliphatic hydroxyl groups is 1. The molecule has 0 fully saturated rings. The fourth-order valence-corrected chi connectivity index (χ4v) is 2.62. The zero-order valence-electron chi connectivity index (χ0n) is 9.81. The first-order chi connectivity index (χ1) is 8.08. The average molecular weight is 365 g/mol. The maximum absolute atomic E-state index is 11.9. The van der Waals surface area contributed by atoms with E-state index in [1.807, 2.05) is 31.4 Å². The summed E-state index contributed by atoms with van der Waals surface area (Å²) in [4.78, 5) is 11.9. The van der Waals surface area contributed by atoms with Crippen molar-refractivity contribution >= 4 is 40.3 Å². The second-order valence-electron chi connectivity index (χ2n) is 3.73. The van der Waals surface area contributed by atoms with E-state index in [-0.39, 0.29) is 23.8 Å². The van der Waals surface area contributed by atoms with E-state index in [9.17, 15) is 4.79 Å². The number of nitrogens with one attached hydrogen (secondary N) is 1. The van der Waals surface area contributed by atoms with Gasteiger partial charge in [0.05, 0.1) is 6.61 Å². The van der Waals surface area contributed by atoms with Gasteiger partial charge in [0.15, 0.2) is 0 Å². The van der Waals surface area contributed by atoms with Gasteiger partial charge >= 0.3 is 0 Å². The Hall–Kier alpha value is -0.270. The zero-order chi connectivity index (χ0) is 12.8.